The van der Waals surface area contributed by atoms with Crippen molar-refractivity contribution >= 4 is 11.8 Å². The van der Waals surface area contributed by atoms with Gasteiger partial charge in [0.15, 0.2) is 5.60 Å². The van der Waals surface area contributed by atoms with Gasteiger partial charge >= 0.3 is 0 Å². The van der Waals surface area contributed by atoms with Crippen LogP contribution in [0.4, 0.5) is 8.78 Å². The Morgan fingerprint density at radius 3 is 2.77 bits per heavy atom. The summed E-state index contributed by atoms with van der Waals surface area (Å²) in [6.07, 6.45) is 0. The van der Waals surface area contributed by atoms with E-state index < -0.39 is 23.1 Å². The number of carbonyl (C=O) groups excluding carboxylic acids is 2. The Kier molecular flexibility index (Phi) is 4.75. The molecule has 1 aliphatic rings. The normalized spacial score (nSPS) is 21.5. The molecule has 1 N–H and O–H groups in total. The summed E-state index contributed by atoms with van der Waals surface area (Å²) in [6.45, 7) is 3.76. The first kappa shape index (κ1) is 16.4. The number of ether oxygens (including phenoxy) is 1. The topological polar surface area (TPSA) is 58.6 Å². The van der Waals surface area contributed by atoms with E-state index in [4.69, 9.17) is 4.74 Å². The highest BCUT2D eigenvalue weighted by atomic mass is 19.1. The maximum absolute atomic E-state index is 13.5. The molecule has 1 aromatic carbocycles. The van der Waals surface area contributed by atoms with E-state index in [-0.39, 0.29) is 31.2 Å². The number of carbonyl (C=O) groups is 2. The first-order chi connectivity index (χ1) is 10.3. The highest BCUT2D eigenvalue weighted by Crippen LogP contribution is 2.18. The van der Waals surface area contributed by atoms with Crippen molar-refractivity contribution in [2.45, 2.75) is 26.0 Å². The number of morpholine rings is 1. The standard InChI is InChI=1S/C15H18F2N2O3/c1-10(20)19-5-6-22-15(2,9-19)14(21)18-8-11-3-4-12(16)7-13(11)17/h3-4,7H,5-6,8-9H2,1-2H3,(H,18,21)/t15-/m1/s1. The van der Waals surface area contributed by atoms with E-state index >= 15 is 0 Å². The summed E-state index contributed by atoms with van der Waals surface area (Å²) in [5.74, 6) is -1.97. The zero-order valence-corrected chi connectivity index (χ0v) is 12.5. The second-order valence-corrected chi connectivity index (χ2v) is 5.44. The molecule has 120 valence electrons. The van der Waals surface area contributed by atoms with Crippen molar-refractivity contribution in [2.24, 2.45) is 0 Å². The first-order valence-electron chi connectivity index (χ1n) is 6.93. The first-order valence-corrected chi connectivity index (χ1v) is 6.93. The molecule has 0 aliphatic carbocycles. The van der Waals surface area contributed by atoms with Crippen LogP contribution < -0.4 is 5.32 Å². The summed E-state index contributed by atoms with van der Waals surface area (Å²) in [6, 6.07) is 3.16. The molecule has 0 unspecified atom stereocenters. The van der Waals surface area contributed by atoms with Crippen LogP contribution in [-0.4, -0.2) is 42.0 Å². The van der Waals surface area contributed by atoms with Gasteiger partial charge in [0.05, 0.1) is 13.2 Å². The number of hydrogen-bond acceptors (Lipinski definition) is 3. The molecule has 0 saturated carbocycles. The number of halogens is 2. The van der Waals surface area contributed by atoms with Crippen molar-refractivity contribution in [3.63, 3.8) is 0 Å². The zero-order chi connectivity index (χ0) is 16.3. The average Bonchev–Trinajstić information content (AvgIpc) is 2.46. The van der Waals surface area contributed by atoms with Crippen LogP contribution in [0.1, 0.15) is 19.4 Å². The van der Waals surface area contributed by atoms with Crippen molar-refractivity contribution in [3.05, 3.63) is 35.4 Å². The van der Waals surface area contributed by atoms with Crippen LogP contribution in [0.2, 0.25) is 0 Å². The van der Waals surface area contributed by atoms with Crippen molar-refractivity contribution in [1.29, 1.82) is 0 Å². The second-order valence-electron chi connectivity index (χ2n) is 5.44. The minimum absolute atomic E-state index is 0.0794. The monoisotopic (exact) mass is 312 g/mol. The van der Waals surface area contributed by atoms with Crippen molar-refractivity contribution in [1.82, 2.24) is 10.2 Å². The molecular weight excluding hydrogens is 294 g/mol. The van der Waals surface area contributed by atoms with Gasteiger partial charge in [-0.1, -0.05) is 6.07 Å². The Hall–Kier alpha value is -2.02. The molecular formula is C15H18F2N2O3. The average molecular weight is 312 g/mol. The van der Waals surface area contributed by atoms with Gasteiger partial charge in [0.1, 0.15) is 11.6 Å². The van der Waals surface area contributed by atoms with Crippen LogP contribution >= 0.6 is 0 Å². The highest BCUT2D eigenvalue weighted by molar-refractivity contribution is 5.86. The van der Waals surface area contributed by atoms with Gasteiger partial charge in [0.2, 0.25) is 5.91 Å². The molecule has 0 spiro atoms. The van der Waals surface area contributed by atoms with E-state index in [2.05, 4.69) is 5.32 Å². The Bertz CT molecular complexity index is 594. The zero-order valence-electron chi connectivity index (χ0n) is 12.5. The number of hydrogen-bond donors (Lipinski definition) is 1. The molecule has 1 atom stereocenters. The molecule has 1 saturated heterocycles. The fourth-order valence-electron chi connectivity index (χ4n) is 2.30. The third kappa shape index (κ3) is 3.59. The number of nitrogens with one attached hydrogen (secondary N) is 1. The molecule has 0 aromatic heterocycles. The van der Waals surface area contributed by atoms with Crippen LogP contribution in [0.3, 0.4) is 0 Å². The molecule has 2 rings (SSSR count). The molecule has 1 heterocycles. The van der Waals surface area contributed by atoms with E-state index in [0.717, 1.165) is 12.1 Å². The van der Waals surface area contributed by atoms with Gasteiger partial charge in [-0.05, 0) is 13.0 Å². The van der Waals surface area contributed by atoms with Crippen LogP contribution in [-0.2, 0) is 20.9 Å². The summed E-state index contributed by atoms with van der Waals surface area (Å²) in [7, 11) is 0. The lowest BCUT2D eigenvalue weighted by atomic mass is 10.0. The number of benzene rings is 1. The molecule has 2 amide bonds. The van der Waals surface area contributed by atoms with Gasteiger partial charge in [-0.3, -0.25) is 9.59 Å². The minimum atomic E-state index is -1.18. The van der Waals surface area contributed by atoms with Crippen molar-refractivity contribution in [3.8, 4) is 0 Å². The van der Waals surface area contributed by atoms with E-state index in [1.165, 1.54) is 17.9 Å². The van der Waals surface area contributed by atoms with Gasteiger partial charge in [-0.25, -0.2) is 8.78 Å². The maximum Gasteiger partial charge on any atom is 0.254 e. The molecule has 1 aromatic rings. The lowest BCUT2D eigenvalue weighted by Crippen LogP contribution is -2.58. The van der Waals surface area contributed by atoms with E-state index in [1.54, 1.807) is 6.92 Å². The van der Waals surface area contributed by atoms with Gasteiger partial charge in [-0.15, -0.1) is 0 Å². The molecule has 0 bridgehead atoms. The summed E-state index contributed by atoms with van der Waals surface area (Å²) >= 11 is 0. The Balaban J connectivity index is 2.00. The molecule has 1 fully saturated rings. The van der Waals surface area contributed by atoms with E-state index in [1.807, 2.05) is 0 Å². The summed E-state index contributed by atoms with van der Waals surface area (Å²) in [5, 5.41) is 2.56. The van der Waals surface area contributed by atoms with E-state index in [9.17, 15) is 18.4 Å². The van der Waals surface area contributed by atoms with Crippen LogP contribution in [0, 0.1) is 11.6 Å². The summed E-state index contributed by atoms with van der Waals surface area (Å²) < 4.78 is 31.8. The minimum Gasteiger partial charge on any atom is -0.362 e. The Morgan fingerprint density at radius 2 is 2.14 bits per heavy atom. The molecule has 22 heavy (non-hydrogen) atoms. The summed E-state index contributed by atoms with van der Waals surface area (Å²) in [5.41, 5.74) is -1.00. The maximum atomic E-state index is 13.5. The largest absolute Gasteiger partial charge is 0.362 e. The van der Waals surface area contributed by atoms with Crippen LogP contribution in [0.15, 0.2) is 18.2 Å². The van der Waals surface area contributed by atoms with Gasteiger partial charge in [-0.2, -0.15) is 0 Å². The van der Waals surface area contributed by atoms with Crippen LogP contribution in [0.25, 0.3) is 0 Å². The third-order valence-electron chi connectivity index (χ3n) is 3.65. The van der Waals surface area contributed by atoms with E-state index in [0.29, 0.717) is 6.54 Å². The fourth-order valence-corrected chi connectivity index (χ4v) is 2.30. The van der Waals surface area contributed by atoms with Crippen molar-refractivity contribution in [2.75, 3.05) is 19.7 Å². The molecule has 1 aliphatic heterocycles. The number of nitrogens with zero attached hydrogens (tertiary/aromatic N) is 1. The Morgan fingerprint density at radius 1 is 1.41 bits per heavy atom. The van der Waals surface area contributed by atoms with Gasteiger partial charge in [0, 0.05) is 31.6 Å². The fraction of sp³-hybridized carbons (Fsp3) is 0.467. The number of amides is 2. The molecule has 5 nitrogen and oxygen atoms in total. The predicted molar refractivity (Wildman–Crippen MR) is 74.8 cm³/mol. The van der Waals surface area contributed by atoms with Crippen molar-refractivity contribution < 1.29 is 23.1 Å². The SMILES string of the molecule is CC(=O)N1CCO[C@@](C)(C(=O)NCc2ccc(F)cc2F)C1. The number of rotatable bonds is 3. The lowest BCUT2D eigenvalue weighted by Gasteiger charge is -2.38. The quantitative estimate of drug-likeness (QED) is 0.913. The predicted octanol–water partition coefficient (Wildman–Crippen LogP) is 1.22. The Labute approximate surface area is 127 Å². The van der Waals surface area contributed by atoms with Crippen LogP contribution in [0.5, 0.6) is 0 Å². The smallest absolute Gasteiger partial charge is 0.254 e. The van der Waals surface area contributed by atoms with Gasteiger partial charge in [0.25, 0.3) is 5.91 Å². The molecule has 0 radical (unpaired) electrons. The highest BCUT2D eigenvalue weighted by Gasteiger charge is 2.39. The summed E-state index contributed by atoms with van der Waals surface area (Å²) in [4.78, 5) is 25.2. The third-order valence-corrected chi connectivity index (χ3v) is 3.65. The lowest BCUT2D eigenvalue weighted by molar-refractivity contribution is -0.162. The second kappa shape index (κ2) is 6.39. The molecule has 7 heteroatoms. The van der Waals surface area contributed by atoms with Gasteiger partial charge < -0.3 is 15.0 Å².